The zero-order valence-corrected chi connectivity index (χ0v) is 26.8. The van der Waals surface area contributed by atoms with E-state index in [2.05, 4.69) is 184 Å². The number of fused-ring (bicyclic) bond motifs is 5. The summed E-state index contributed by atoms with van der Waals surface area (Å²) in [5, 5.41) is 0. The van der Waals surface area contributed by atoms with E-state index in [0.717, 1.165) is 33.8 Å². The maximum Gasteiger partial charge on any atom is 0.132 e. The SMILES string of the molecule is C=C/C=C(\C=C/C)C1(c2ccccc2)c2ccccc2Oc2cccc(-c3cccc4c3-c3ccccc3C4(C)c3ccccc3)c21. The Morgan fingerprint density at radius 2 is 1.15 bits per heavy atom. The molecule has 1 heterocycles. The van der Waals surface area contributed by atoms with Gasteiger partial charge in [0.25, 0.3) is 0 Å². The van der Waals surface area contributed by atoms with Crippen molar-refractivity contribution in [3.05, 3.63) is 215 Å². The van der Waals surface area contributed by atoms with Gasteiger partial charge >= 0.3 is 0 Å². The summed E-state index contributed by atoms with van der Waals surface area (Å²) in [6, 6.07) is 52.6. The highest BCUT2D eigenvalue weighted by Gasteiger charge is 2.48. The Morgan fingerprint density at radius 3 is 1.89 bits per heavy atom. The second-order valence-corrected chi connectivity index (χ2v) is 12.5. The molecule has 0 fully saturated rings. The van der Waals surface area contributed by atoms with E-state index < -0.39 is 5.41 Å². The fourth-order valence-corrected chi connectivity index (χ4v) is 8.26. The first-order valence-corrected chi connectivity index (χ1v) is 16.4. The van der Waals surface area contributed by atoms with Crippen molar-refractivity contribution in [3.8, 4) is 33.8 Å². The lowest BCUT2D eigenvalue weighted by Gasteiger charge is -2.43. The van der Waals surface area contributed by atoms with Gasteiger partial charge in [-0.15, -0.1) is 0 Å². The van der Waals surface area contributed by atoms with Gasteiger partial charge in [-0.25, -0.2) is 0 Å². The molecule has 0 N–H and O–H groups in total. The van der Waals surface area contributed by atoms with Gasteiger partial charge in [-0.05, 0) is 76.1 Å². The number of rotatable bonds is 6. The number of benzene rings is 6. The molecule has 0 aromatic heterocycles. The molecule has 2 unspecified atom stereocenters. The minimum Gasteiger partial charge on any atom is -0.457 e. The standard InChI is InChI=1S/C46H36O/c1-4-18-33(19-5-2)46(34-22-10-7-11-23-34)39-28-14-15-30-41(39)47-42-31-17-26-36(44(42)46)35-25-16-29-40-43(35)37-24-12-13-27-38(37)45(40,3)32-20-8-6-9-21-32/h4-31H,1H2,2-3H3/b19-5-,33-18+. The molecule has 0 spiro atoms. The van der Waals surface area contributed by atoms with Gasteiger partial charge in [-0.3, -0.25) is 0 Å². The quantitative estimate of drug-likeness (QED) is 0.172. The van der Waals surface area contributed by atoms with Crippen LogP contribution >= 0.6 is 0 Å². The number of allylic oxidation sites excluding steroid dienone is 5. The van der Waals surface area contributed by atoms with Crippen LogP contribution in [0.25, 0.3) is 22.3 Å². The molecule has 1 heteroatoms. The molecule has 1 aliphatic carbocycles. The van der Waals surface area contributed by atoms with E-state index in [-0.39, 0.29) is 5.41 Å². The van der Waals surface area contributed by atoms with E-state index in [1.165, 1.54) is 38.9 Å². The van der Waals surface area contributed by atoms with Crippen LogP contribution in [0.4, 0.5) is 0 Å². The van der Waals surface area contributed by atoms with Gasteiger partial charge in [0, 0.05) is 16.5 Å². The van der Waals surface area contributed by atoms with E-state index in [9.17, 15) is 0 Å². The van der Waals surface area contributed by atoms with E-state index >= 15 is 0 Å². The number of hydrogen-bond donors (Lipinski definition) is 0. The molecule has 1 nitrogen and oxygen atoms in total. The van der Waals surface area contributed by atoms with Crippen LogP contribution in [-0.2, 0) is 10.8 Å². The van der Waals surface area contributed by atoms with Gasteiger partial charge in [0.15, 0.2) is 0 Å². The van der Waals surface area contributed by atoms with Gasteiger partial charge in [0.1, 0.15) is 11.5 Å². The van der Waals surface area contributed by atoms with E-state index in [0.29, 0.717) is 0 Å². The van der Waals surface area contributed by atoms with Crippen LogP contribution < -0.4 is 4.74 Å². The van der Waals surface area contributed by atoms with Gasteiger partial charge in [-0.1, -0.05) is 164 Å². The Hall–Kier alpha value is -5.66. The first kappa shape index (κ1) is 28.8. The highest BCUT2D eigenvalue weighted by Crippen LogP contribution is 2.61. The topological polar surface area (TPSA) is 9.23 Å². The average Bonchev–Trinajstić information content (AvgIpc) is 3.40. The third-order valence-electron chi connectivity index (χ3n) is 10.2. The minimum absolute atomic E-state index is 0.295. The molecule has 47 heavy (non-hydrogen) atoms. The zero-order chi connectivity index (χ0) is 32.0. The van der Waals surface area contributed by atoms with E-state index in [4.69, 9.17) is 4.74 Å². The highest BCUT2D eigenvalue weighted by atomic mass is 16.5. The molecule has 6 aromatic carbocycles. The largest absolute Gasteiger partial charge is 0.457 e. The monoisotopic (exact) mass is 604 g/mol. The molecule has 2 aliphatic rings. The second-order valence-electron chi connectivity index (χ2n) is 12.5. The van der Waals surface area contributed by atoms with Crippen LogP contribution in [0, 0.1) is 0 Å². The summed E-state index contributed by atoms with van der Waals surface area (Å²) >= 11 is 0. The normalized spacial score (nSPS) is 19.3. The van der Waals surface area contributed by atoms with Crippen LogP contribution in [-0.4, -0.2) is 0 Å². The zero-order valence-electron chi connectivity index (χ0n) is 26.8. The minimum atomic E-state index is -0.674. The van der Waals surface area contributed by atoms with Crippen LogP contribution in [0.15, 0.2) is 182 Å². The summed E-state index contributed by atoms with van der Waals surface area (Å²) in [5.41, 5.74) is 12.4. The lowest BCUT2D eigenvalue weighted by molar-refractivity contribution is 0.435. The third-order valence-corrected chi connectivity index (χ3v) is 10.2. The van der Waals surface area contributed by atoms with Gasteiger partial charge in [0.2, 0.25) is 0 Å². The molecule has 0 saturated heterocycles. The van der Waals surface area contributed by atoms with E-state index in [1.807, 2.05) is 6.08 Å². The van der Waals surface area contributed by atoms with Crippen LogP contribution in [0.3, 0.4) is 0 Å². The predicted octanol–water partition coefficient (Wildman–Crippen LogP) is 11.8. The number of ether oxygens (including phenoxy) is 1. The Kier molecular flexibility index (Phi) is 6.92. The van der Waals surface area contributed by atoms with Crippen molar-refractivity contribution >= 4 is 0 Å². The molecule has 2 atom stereocenters. The lowest BCUT2D eigenvalue weighted by Crippen LogP contribution is -2.35. The fourth-order valence-electron chi connectivity index (χ4n) is 8.26. The van der Waals surface area contributed by atoms with Crippen molar-refractivity contribution in [2.75, 3.05) is 0 Å². The van der Waals surface area contributed by atoms with Crippen molar-refractivity contribution in [2.24, 2.45) is 0 Å². The number of para-hydroxylation sites is 1. The van der Waals surface area contributed by atoms with E-state index in [1.54, 1.807) is 0 Å². The molecule has 0 amide bonds. The first-order valence-electron chi connectivity index (χ1n) is 16.4. The third kappa shape index (κ3) is 4.09. The summed E-state index contributed by atoms with van der Waals surface area (Å²) in [6.07, 6.45) is 8.42. The summed E-state index contributed by atoms with van der Waals surface area (Å²) in [6.45, 7) is 8.63. The van der Waals surface area contributed by atoms with Crippen LogP contribution in [0.1, 0.15) is 47.2 Å². The van der Waals surface area contributed by atoms with Gasteiger partial charge in [0.05, 0.1) is 5.41 Å². The average molecular weight is 605 g/mol. The Morgan fingerprint density at radius 1 is 0.574 bits per heavy atom. The van der Waals surface area contributed by atoms with Crippen molar-refractivity contribution in [2.45, 2.75) is 24.7 Å². The molecule has 8 rings (SSSR count). The first-order chi connectivity index (χ1) is 23.1. The van der Waals surface area contributed by atoms with Gasteiger partial charge in [-0.2, -0.15) is 0 Å². The fraction of sp³-hybridized carbons (Fsp3) is 0.0870. The summed E-state index contributed by atoms with van der Waals surface area (Å²) < 4.78 is 6.84. The molecule has 226 valence electrons. The van der Waals surface area contributed by atoms with Crippen molar-refractivity contribution in [1.82, 2.24) is 0 Å². The van der Waals surface area contributed by atoms with Crippen LogP contribution in [0.2, 0.25) is 0 Å². The van der Waals surface area contributed by atoms with Crippen molar-refractivity contribution < 1.29 is 4.74 Å². The smallest absolute Gasteiger partial charge is 0.132 e. The summed E-state index contributed by atoms with van der Waals surface area (Å²) in [4.78, 5) is 0. The molecule has 0 radical (unpaired) electrons. The predicted molar refractivity (Wildman–Crippen MR) is 195 cm³/mol. The Labute approximate surface area is 277 Å². The van der Waals surface area contributed by atoms with Crippen LogP contribution in [0.5, 0.6) is 11.5 Å². The molecule has 1 aliphatic heterocycles. The summed E-state index contributed by atoms with van der Waals surface area (Å²) in [5.74, 6) is 1.72. The second kappa shape index (κ2) is 11.3. The maximum absolute atomic E-state index is 6.84. The Bertz CT molecular complexity index is 2200. The molecular weight excluding hydrogens is 569 g/mol. The molecule has 0 bridgehead atoms. The molecule has 6 aromatic rings. The lowest BCUT2D eigenvalue weighted by atomic mass is 9.61. The number of hydrogen-bond acceptors (Lipinski definition) is 1. The summed E-state index contributed by atoms with van der Waals surface area (Å²) in [7, 11) is 0. The van der Waals surface area contributed by atoms with Crippen molar-refractivity contribution in [3.63, 3.8) is 0 Å². The molecule has 0 saturated carbocycles. The van der Waals surface area contributed by atoms with Gasteiger partial charge < -0.3 is 4.74 Å². The molecular formula is C46H36O. The highest BCUT2D eigenvalue weighted by molar-refractivity contribution is 5.96. The Balaban J connectivity index is 1.52. The maximum atomic E-state index is 6.84. The van der Waals surface area contributed by atoms with Crippen molar-refractivity contribution in [1.29, 1.82) is 0 Å².